The lowest BCUT2D eigenvalue weighted by Gasteiger charge is -2.29. The summed E-state index contributed by atoms with van der Waals surface area (Å²) in [5.74, 6) is 0.115. The highest BCUT2D eigenvalue weighted by Crippen LogP contribution is 2.29. The SMILES string of the molecule is N=C(N)c1ccc(Cl)cc1N1CCCN2CCCC2C1. The predicted octanol–water partition coefficient (Wildman–Crippen LogP) is 2.30. The van der Waals surface area contributed by atoms with Gasteiger partial charge < -0.3 is 10.6 Å². The topological polar surface area (TPSA) is 56.4 Å². The lowest BCUT2D eigenvalue weighted by Crippen LogP contribution is -2.37. The molecule has 2 aliphatic heterocycles. The molecular formula is C15H21ClN4. The van der Waals surface area contributed by atoms with Gasteiger partial charge in [0, 0.05) is 41.9 Å². The van der Waals surface area contributed by atoms with Crippen LogP contribution >= 0.6 is 11.6 Å². The zero-order chi connectivity index (χ0) is 14.1. The summed E-state index contributed by atoms with van der Waals surface area (Å²) in [5, 5.41) is 8.47. The smallest absolute Gasteiger partial charge is 0.124 e. The van der Waals surface area contributed by atoms with Crippen LogP contribution in [0.3, 0.4) is 0 Å². The Morgan fingerprint density at radius 3 is 2.85 bits per heavy atom. The number of anilines is 1. The van der Waals surface area contributed by atoms with Gasteiger partial charge in [-0.2, -0.15) is 0 Å². The lowest BCUT2D eigenvalue weighted by molar-refractivity contribution is 0.273. The molecule has 2 saturated heterocycles. The van der Waals surface area contributed by atoms with Gasteiger partial charge in [-0.05, 0) is 44.0 Å². The Balaban J connectivity index is 1.91. The van der Waals surface area contributed by atoms with Gasteiger partial charge in [0.1, 0.15) is 5.84 Å². The second-order valence-corrected chi connectivity index (χ2v) is 6.14. The number of nitrogens with one attached hydrogen (secondary N) is 1. The normalized spacial score (nSPS) is 23.4. The van der Waals surface area contributed by atoms with Crippen LogP contribution in [0.5, 0.6) is 0 Å². The maximum atomic E-state index is 7.76. The van der Waals surface area contributed by atoms with Gasteiger partial charge in [0.2, 0.25) is 0 Å². The number of fused-ring (bicyclic) bond motifs is 1. The van der Waals surface area contributed by atoms with Gasteiger partial charge in [-0.25, -0.2) is 0 Å². The monoisotopic (exact) mass is 292 g/mol. The van der Waals surface area contributed by atoms with Crippen LogP contribution in [0.1, 0.15) is 24.8 Å². The fourth-order valence-electron chi connectivity index (χ4n) is 3.42. The first-order valence-corrected chi connectivity index (χ1v) is 7.66. The summed E-state index contributed by atoms with van der Waals surface area (Å²) in [6.07, 6.45) is 3.72. The number of nitrogens with two attached hydrogens (primary N) is 1. The van der Waals surface area contributed by atoms with Crippen molar-refractivity contribution in [3.8, 4) is 0 Å². The van der Waals surface area contributed by atoms with E-state index in [0.717, 1.165) is 30.8 Å². The molecule has 108 valence electrons. The first-order chi connectivity index (χ1) is 9.65. The van der Waals surface area contributed by atoms with Crippen LogP contribution in [0.25, 0.3) is 0 Å². The number of amidine groups is 1. The molecule has 20 heavy (non-hydrogen) atoms. The van der Waals surface area contributed by atoms with Crippen molar-refractivity contribution in [3.63, 3.8) is 0 Å². The van der Waals surface area contributed by atoms with E-state index in [9.17, 15) is 0 Å². The number of hydrogen-bond acceptors (Lipinski definition) is 3. The second-order valence-electron chi connectivity index (χ2n) is 5.71. The molecule has 0 amide bonds. The Kier molecular flexibility index (Phi) is 3.85. The minimum absolute atomic E-state index is 0.115. The molecular weight excluding hydrogens is 272 g/mol. The number of rotatable bonds is 2. The van der Waals surface area contributed by atoms with Gasteiger partial charge in [0.25, 0.3) is 0 Å². The van der Waals surface area contributed by atoms with Crippen molar-refractivity contribution in [2.24, 2.45) is 5.73 Å². The molecule has 1 aromatic rings. The molecule has 0 aromatic heterocycles. The van der Waals surface area contributed by atoms with Crippen molar-refractivity contribution >= 4 is 23.1 Å². The first kappa shape index (κ1) is 13.7. The Bertz CT molecular complexity index is 517. The molecule has 1 aromatic carbocycles. The van der Waals surface area contributed by atoms with E-state index in [1.54, 1.807) is 0 Å². The Morgan fingerprint density at radius 2 is 2.05 bits per heavy atom. The van der Waals surface area contributed by atoms with Crippen molar-refractivity contribution in [1.29, 1.82) is 5.41 Å². The van der Waals surface area contributed by atoms with Crippen molar-refractivity contribution in [1.82, 2.24) is 4.90 Å². The van der Waals surface area contributed by atoms with Crippen molar-refractivity contribution < 1.29 is 0 Å². The van der Waals surface area contributed by atoms with Crippen LogP contribution in [0.15, 0.2) is 18.2 Å². The Labute approximate surface area is 125 Å². The van der Waals surface area contributed by atoms with E-state index in [1.807, 2.05) is 18.2 Å². The van der Waals surface area contributed by atoms with E-state index in [-0.39, 0.29) is 5.84 Å². The highest BCUT2D eigenvalue weighted by Gasteiger charge is 2.29. The molecule has 0 aliphatic carbocycles. The number of benzene rings is 1. The maximum absolute atomic E-state index is 7.76. The molecule has 0 radical (unpaired) electrons. The average molecular weight is 293 g/mol. The fraction of sp³-hybridized carbons (Fsp3) is 0.533. The number of halogens is 1. The highest BCUT2D eigenvalue weighted by molar-refractivity contribution is 6.31. The van der Waals surface area contributed by atoms with Gasteiger partial charge in [-0.3, -0.25) is 10.3 Å². The van der Waals surface area contributed by atoms with E-state index >= 15 is 0 Å². The van der Waals surface area contributed by atoms with Gasteiger partial charge in [0.05, 0.1) is 0 Å². The molecule has 5 heteroatoms. The molecule has 0 bridgehead atoms. The van der Waals surface area contributed by atoms with Crippen LogP contribution in [0, 0.1) is 5.41 Å². The van der Waals surface area contributed by atoms with Gasteiger partial charge in [0.15, 0.2) is 0 Å². The minimum atomic E-state index is 0.115. The second kappa shape index (κ2) is 5.62. The molecule has 2 aliphatic rings. The number of nitrogen functional groups attached to an aromatic ring is 1. The molecule has 2 heterocycles. The Morgan fingerprint density at radius 1 is 1.25 bits per heavy atom. The maximum Gasteiger partial charge on any atom is 0.124 e. The summed E-state index contributed by atoms with van der Waals surface area (Å²) in [6.45, 7) is 4.43. The summed E-state index contributed by atoms with van der Waals surface area (Å²) in [5.41, 5.74) is 7.53. The molecule has 2 fully saturated rings. The largest absolute Gasteiger partial charge is 0.384 e. The van der Waals surface area contributed by atoms with E-state index in [2.05, 4.69) is 9.80 Å². The molecule has 3 rings (SSSR count). The van der Waals surface area contributed by atoms with E-state index in [4.69, 9.17) is 22.7 Å². The van der Waals surface area contributed by atoms with E-state index in [1.165, 1.54) is 25.9 Å². The van der Waals surface area contributed by atoms with Crippen LogP contribution in [0.4, 0.5) is 5.69 Å². The zero-order valence-electron chi connectivity index (χ0n) is 11.6. The third-order valence-electron chi connectivity index (χ3n) is 4.39. The summed E-state index contributed by atoms with van der Waals surface area (Å²) in [6, 6.07) is 6.25. The molecule has 3 N–H and O–H groups in total. The third kappa shape index (κ3) is 2.63. The summed E-state index contributed by atoms with van der Waals surface area (Å²) < 4.78 is 0. The number of hydrogen-bond donors (Lipinski definition) is 2. The van der Waals surface area contributed by atoms with Gasteiger partial charge in [-0.1, -0.05) is 11.6 Å². The molecule has 1 atom stereocenters. The standard InChI is InChI=1S/C15H21ClN4/c16-11-4-5-13(15(17)18)14(9-11)20-8-2-7-19-6-1-3-12(19)10-20/h4-5,9,12H,1-3,6-8,10H2,(H3,17,18). The van der Waals surface area contributed by atoms with Crippen LogP contribution in [-0.4, -0.2) is 43.0 Å². The van der Waals surface area contributed by atoms with Gasteiger partial charge in [-0.15, -0.1) is 0 Å². The van der Waals surface area contributed by atoms with Crippen molar-refractivity contribution in [3.05, 3.63) is 28.8 Å². The summed E-state index contributed by atoms with van der Waals surface area (Å²) in [4.78, 5) is 4.95. The number of nitrogens with zero attached hydrogens (tertiary/aromatic N) is 2. The van der Waals surface area contributed by atoms with Crippen molar-refractivity contribution in [2.45, 2.75) is 25.3 Å². The van der Waals surface area contributed by atoms with E-state index < -0.39 is 0 Å². The van der Waals surface area contributed by atoms with Crippen LogP contribution in [0.2, 0.25) is 5.02 Å². The third-order valence-corrected chi connectivity index (χ3v) is 4.63. The highest BCUT2D eigenvalue weighted by atomic mass is 35.5. The molecule has 4 nitrogen and oxygen atoms in total. The van der Waals surface area contributed by atoms with Crippen molar-refractivity contribution in [2.75, 3.05) is 31.1 Å². The van der Waals surface area contributed by atoms with Crippen LogP contribution in [-0.2, 0) is 0 Å². The average Bonchev–Trinajstić information content (AvgIpc) is 2.75. The molecule has 0 saturated carbocycles. The quantitative estimate of drug-likeness (QED) is 0.649. The first-order valence-electron chi connectivity index (χ1n) is 7.28. The minimum Gasteiger partial charge on any atom is -0.384 e. The fourth-order valence-corrected chi connectivity index (χ4v) is 3.59. The Hall–Kier alpha value is -1.26. The molecule has 1 unspecified atom stereocenters. The van der Waals surface area contributed by atoms with Gasteiger partial charge >= 0.3 is 0 Å². The van der Waals surface area contributed by atoms with Crippen LogP contribution < -0.4 is 10.6 Å². The predicted molar refractivity (Wildman–Crippen MR) is 83.9 cm³/mol. The zero-order valence-corrected chi connectivity index (χ0v) is 12.4. The molecule has 0 spiro atoms. The summed E-state index contributed by atoms with van der Waals surface area (Å²) >= 11 is 6.14. The summed E-state index contributed by atoms with van der Waals surface area (Å²) in [7, 11) is 0. The lowest BCUT2D eigenvalue weighted by atomic mass is 10.1. The van der Waals surface area contributed by atoms with E-state index in [0.29, 0.717) is 11.1 Å².